The van der Waals surface area contributed by atoms with E-state index < -0.39 is 0 Å². The second-order valence-corrected chi connectivity index (χ2v) is 5.73. The monoisotopic (exact) mass is 264 g/mol. The van der Waals surface area contributed by atoms with Crippen molar-refractivity contribution < 1.29 is 9.13 Å². The standard InChI is InChI=1S/C15H21FN2O/c1-18-11-3-4-12(18)8-13(7-11)19-15-5-2-10(9-17)6-14(15)16/h2,5-6,11-13H,3-4,7-9,17H2,1H3. The fraction of sp³-hybridized carbons (Fsp3) is 0.600. The van der Waals surface area contributed by atoms with Crippen molar-refractivity contribution in [3.05, 3.63) is 29.6 Å². The molecule has 2 bridgehead atoms. The van der Waals surface area contributed by atoms with Crippen LogP contribution in [0.5, 0.6) is 5.75 Å². The van der Waals surface area contributed by atoms with Crippen molar-refractivity contribution in [2.75, 3.05) is 7.05 Å². The van der Waals surface area contributed by atoms with Crippen molar-refractivity contribution in [1.82, 2.24) is 4.90 Å². The van der Waals surface area contributed by atoms with Gasteiger partial charge in [-0.1, -0.05) is 6.07 Å². The Morgan fingerprint density at radius 2 is 2.00 bits per heavy atom. The van der Waals surface area contributed by atoms with Gasteiger partial charge in [0.25, 0.3) is 0 Å². The normalized spacial score (nSPS) is 30.6. The SMILES string of the molecule is CN1C2CCC1CC(Oc1ccc(CN)cc1F)C2. The van der Waals surface area contributed by atoms with E-state index in [0.29, 0.717) is 24.4 Å². The lowest BCUT2D eigenvalue weighted by atomic mass is 10.0. The molecule has 0 amide bonds. The van der Waals surface area contributed by atoms with Crippen LogP contribution < -0.4 is 10.5 Å². The van der Waals surface area contributed by atoms with Crippen LogP contribution in [0.4, 0.5) is 4.39 Å². The molecule has 0 spiro atoms. The van der Waals surface area contributed by atoms with Gasteiger partial charge in [0, 0.05) is 18.6 Å². The summed E-state index contributed by atoms with van der Waals surface area (Å²) in [6, 6.07) is 6.23. The number of hydrogen-bond donors (Lipinski definition) is 1. The average molecular weight is 264 g/mol. The molecular formula is C15H21FN2O. The summed E-state index contributed by atoms with van der Waals surface area (Å²) in [4.78, 5) is 2.45. The third kappa shape index (κ3) is 2.47. The van der Waals surface area contributed by atoms with Crippen molar-refractivity contribution in [1.29, 1.82) is 0 Å². The molecule has 104 valence electrons. The van der Waals surface area contributed by atoms with Gasteiger partial charge < -0.3 is 15.4 Å². The predicted molar refractivity (Wildman–Crippen MR) is 72.5 cm³/mol. The Morgan fingerprint density at radius 3 is 2.58 bits per heavy atom. The van der Waals surface area contributed by atoms with Gasteiger partial charge in [0.2, 0.25) is 0 Å². The van der Waals surface area contributed by atoms with E-state index >= 15 is 0 Å². The molecule has 2 aliphatic heterocycles. The highest BCUT2D eigenvalue weighted by atomic mass is 19.1. The Balaban J connectivity index is 1.69. The zero-order valence-electron chi connectivity index (χ0n) is 11.3. The molecule has 2 fully saturated rings. The summed E-state index contributed by atoms with van der Waals surface area (Å²) in [5, 5.41) is 0. The number of piperidine rings is 1. The zero-order chi connectivity index (χ0) is 13.4. The van der Waals surface area contributed by atoms with Gasteiger partial charge in [-0.2, -0.15) is 0 Å². The minimum Gasteiger partial charge on any atom is -0.487 e. The lowest BCUT2D eigenvalue weighted by Crippen LogP contribution is -2.43. The van der Waals surface area contributed by atoms with Crippen molar-refractivity contribution in [3.8, 4) is 5.75 Å². The number of ether oxygens (including phenoxy) is 1. The van der Waals surface area contributed by atoms with E-state index in [1.807, 2.05) is 6.07 Å². The molecule has 19 heavy (non-hydrogen) atoms. The minimum atomic E-state index is -0.297. The topological polar surface area (TPSA) is 38.5 Å². The van der Waals surface area contributed by atoms with Crippen molar-refractivity contribution in [2.24, 2.45) is 5.73 Å². The van der Waals surface area contributed by atoms with E-state index in [2.05, 4.69) is 11.9 Å². The first-order valence-electron chi connectivity index (χ1n) is 7.04. The van der Waals surface area contributed by atoms with Gasteiger partial charge in [0.15, 0.2) is 11.6 Å². The molecule has 0 aliphatic carbocycles. The molecule has 1 aromatic rings. The number of benzene rings is 1. The molecule has 3 nitrogen and oxygen atoms in total. The average Bonchev–Trinajstić information content (AvgIpc) is 2.64. The first kappa shape index (κ1) is 12.9. The van der Waals surface area contributed by atoms with Crippen molar-refractivity contribution in [2.45, 2.75) is 50.4 Å². The summed E-state index contributed by atoms with van der Waals surface area (Å²) in [5.74, 6) is 0.0698. The molecule has 3 rings (SSSR count). The first-order chi connectivity index (χ1) is 9.17. The highest BCUT2D eigenvalue weighted by molar-refractivity contribution is 5.29. The van der Waals surface area contributed by atoms with Crippen LogP contribution in [0.15, 0.2) is 18.2 Å². The molecule has 0 aromatic heterocycles. The maximum Gasteiger partial charge on any atom is 0.165 e. The Labute approximate surface area is 113 Å². The summed E-state index contributed by atoms with van der Waals surface area (Å²) in [5.41, 5.74) is 6.30. The van der Waals surface area contributed by atoms with Gasteiger partial charge in [-0.25, -0.2) is 4.39 Å². The minimum absolute atomic E-state index is 0.145. The predicted octanol–water partition coefficient (Wildman–Crippen LogP) is 2.29. The molecule has 2 atom stereocenters. The number of fused-ring (bicyclic) bond motifs is 2. The lowest BCUT2D eigenvalue weighted by molar-refractivity contribution is 0.0636. The summed E-state index contributed by atoms with van der Waals surface area (Å²) in [6.07, 6.45) is 4.65. The molecule has 2 aliphatic rings. The first-order valence-corrected chi connectivity index (χ1v) is 7.04. The van der Waals surface area contributed by atoms with Crippen LogP contribution in [-0.2, 0) is 6.54 Å². The molecular weight excluding hydrogens is 243 g/mol. The van der Waals surface area contributed by atoms with E-state index in [4.69, 9.17) is 10.5 Å². The van der Waals surface area contributed by atoms with Gasteiger partial charge in [0.05, 0.1) is 0 Å². The van der Waals surface area contributed by atoms with Gasteiger partial charge in [-0.15, -0.1) is 0 Å². The lowest BCUT2D eigenvalue weighted by Gasteiger charge is -2.36. The fourth-order valence-corrected chi connectivity index (χ4v) is 3.40. The van der Waals surface area contributed by atoms with Gasteiger partial charge in [0.1, 0.15) is 6.10 Å². The van der Waals surface area contributed by atoms with Crippen LogP contribution in [0.3, 0.4) is 0 Å². The molecule has 4 heteroatoms. The molecule has 1 aromatic carbocycles. The van der Waals surface area contributed by atoms with E-state index in [0.717, 1.165) is 18.4 Å². The van der Waals surface area contributed by atoms with Crippen LogP contribution in [0, 0.1) is 5.82 Å². The largest absolute Gasteiger partial charge is 0.487 e. The van der Waals surface area contributed by atoms with E-state index in [1.54, 1.807) is 6.07 Å². The van der Waals surface area contributed by atoms with Gasteiger partial charge >= 0.3 is 0 Å². The Hall–Kier alpha value is -1.13. The van der Waals surface area contributed by atoms with Crippen LogP contribution in [-0.4, -0.2) is 30.1 Å². The smallest absolute Gasteiger partial charge is 0.165 e. The van der Waals surface area contributed by atoms with Crippen LogP contribution >= 0.6 is 0 Å². The molecule has 2 unspecified atom stereocenters. The number of hydrogen-bond acceptors (Lipinski definition) is 3. The quantitative estimate of drug-likeness (QED) is 0.910. The van der Waals surface area contributed by atoms with Crippen molar-refractivity contribution >= 4 is 0 Å². The number of rotatable bonds is 3. The van der Waals surface area contributed by atoms with E-state index in [1.165, 1.54) is 18.9 Å². The maximum atomic E-state index is 13.9. The molecule has 2 N–H and O–H groups in total. The second kappa shape index (κ2) is 5.10. The van der Waals surface area contributed by atoms with Crippen molar-refractivity contribution in [3.63, 3.8) is 0 Å². The summed E-state index contributed by atoms with van der Waals surface area (Å²) in [7, 11) is 2.19. The summed E-state index contributed by atoms with van der Waals surface area (Å²) in [6.45, 7) is 0.357. The Kier molecular flexibility index (Phi) is 3.46. The Morgan fingerprint density at radius 1 is 1.32 bits per heavy atom. The molecule has 0 saturated carbocycles. The summed E-state index contributed by atoms with van der Waals surface area (Å²) < 4.78 is 19.8. The zero-order valence-corrected chi connectivity index (χ0v) is 11.3. The maximum absolute atomic E-state index is 13.9. The Bertz CT molecular complexity index is 451. The molecule has 2 saturated heterocycles. The molecule has 0 radical (unpaired) electrons. The van der Waals surface area contributed by atoms with Gasteiger partial charge in [-0.3, -0.25) is 0 Å². The molecule has 2 heterocycles. The summed E-state index contributed by atoms with van der Waals surface area (Å²) >= 11 is 0. The van der Waals surface area contributed by atoms with Crippen LogP contribution in [0.2, 0.25) is 0 Å². The van der Waals surface area contributed by atoms with Crippen LogP contribution in [0.1, 0.15) is 31.2 Å². The van der Waals surface area contributed by atoms with Crippen LogP contribution in [0.25, 0.3) is 0 Å². The number of nitrogens with two attached hydrogens (primary N) is 1. The van der Waals surface area contributed by atoms with E-state index in [9.17, 15) is 4.39 Å². The highest BCUT2D eigenvalue weighted by Crippen LogP contribution is 2.36. The second-order valence-electron chi connectivity index (χ2n) is 5.73. The van der Waals surface area contributed by atoms with E-state index in [-0.39, 0.29) is 11.9 Å². The van der Waals surface area contributed by atoms with Gasteiger partial charge in [-0.05, 0) is 50.4 Å². The fourth-order valence-electron chi connectivity index (χ4n) is 3.40. The number of nitrogens with zero attached hydrogens (tertiary/aromatic N) is 1. The number of halogens is 1. The third-order valence-corrected chi connectivity index (χ3v) is 4.58. The highest BCUT2D eigenvalue weighted by Gasteiger charge is 2.39. The third-order valence-electron chi connectivity index (χ3n) is 4.58.